The molecule has 1 aromatic carbocycles. The fourth-order valence-corrected chi connectivity index (χ4v) is 1.53. The minimum absolute atomic E-state index is 0.00217. The average molecular weight is 263 g/mol. The number of anilines is 1. The Morgan fingerprint density at radius 1 is 1.16 bits per heavy atom. The predicted molar refractivity (Wildman–Crippen MR) is 76.4 cm³/mol. The maximum absolute atomic E-state index is 11.9. The van der Waals surface area contributed by atoms with Crippen LogP contribution < -0.4 is 10.2 Å². The highest BCUT2D eigenvalue weighted by Crippen LogP contribution is 2.13. The van der Waals surface area contributed by atoms with Crippen LogP contribution in [0.2, 0.25) is 0 Å². The van der Waals surface area contributed by atoms with E-state index in [9.17, 15) is 9.59 Å². The molecule has 0 spiro atoms. The molecule has 0 bridgehead atoms. The first-order chi connectivity index (χ1) is 8.91. The van der Waals surface area contributed by atoms with Gasteiger partial charge in [-0.15, -0.1) is 0 Å². The van der Waals surface area contributed by atoms with E-state index in [1.807, 2.05) is 37.2 Å². The Morgan fingerprint density at radius 3 is 2.42 bits per heavy atom. The van der Waals surface area contributed by atoms with Gasteiger partial charge >= 0.3 is 0 Å². The molecule has 0 fully saturated rings. The molecule has 0 unspecified atom stereocenters. The highest BCUT2D eigenvalue weighted by atomic mass is 16.2. The van der Waals surface area contributed by atoms with Gasteiger partial charge in [0.15, 0.2) is 0 Å². The highest BCUT2D eigenvalue weighted by Gasteiger charge is 2.08. The van der Waals surface area contributed by atoms with E-state index in [-0.39, 0.29) is 11.8 Å². The number of carbonyl (C=O) groups excluding carboxylic acids is 2. The zero-order chi connectivity index (χ0) is 14.4. The van der Waals surface area contributed by atoms with Gasteiger partial charge in [-0.3, -0.25) is 9.59 Å². The number of nitrogens with one attached hydrogen (secondary N) is 1. The molecular formula is C14H21N3O2. The highest BCUT2D eigenvalue weighted by molar-refractivity contribution is 5.95. The molecule has 0 aromatic heterocycles. The third kappa shape index (κ3) is 4.62. The van der Waals surface area contributed by atoms with Crippen LogP contribution in [0, 0.1) is 0 Å². The summed E-state index contributed by atoms with van der Waals surface area (Å²) in [5.41, 5.74) is 1.57. The molecule has 5 nitrogen and oxygen atoms in total. The standard InChI is InChI=1S/C14H21N3O2/c1-16(2)12-7-5-6-11(10-12)14(19)15-9-8-13(18)17(3)4/h5-7,10H,8-9H2,1-4H3,(H,15,19). The Hall–Kier alpha value is -2.04. The lowest BCUT2D eigenvalue weighted by Crippen LogP contribution is -2.30. The number of rotatable bonds is 5. The molecule has 1 N–H and O–H groups in total. The van der Waals surface area contributed by atoms with Crippen molar-refractivity contribution < 1.29 is 9.59 Å². The Labute approximate surface area is 114 Å². The lowest BCUT2D eigenvalue weighted by atomic mass is 10.2. The molecule has 0 aliphatic heterocycles. The molecule has 104 valence electrons. The first-order valence-electron chi connectivity index (χ1n) is 6.17. The van der Waals surface area contributed by atoms with Crippen molar-refractivity contribution >= 4 is 17.5 Å². The van der Waals surface area contributed by atoms with E-state index in [1.54, 1.807) is 20.2 Å². The van der Waals surface area contributed by atoms with Gasteiger partial charge in [0.05, 0.1) is 0 Å². The number of benzene rings is 1. The number of hydrogen-bond acceptors (Lipinski definition) is 3. The van der Waals surface area contributed by atoms with Gasteiger partial charge in [0, 0.05) is 52.4 Å². The van der Waals surface area contributed by atoms with Gasteiger partial charge in [-0.1, -0.05) is 6.07 Å². The van der Waals surface area contributed by atoms with E-state index in [4.69, 9.17) is 0 Å². The van der Waals surface area contributed by atoms with Crippen molar-refractivity contribution in [3.8, 4) is 0 Å². The monoisotopic (exact) mass is 263 g/mol. The van der Waals surface area contributed by atoms with Crippen molar-refractivity contribution in [1.82, 2.24) is 10.2 Å². The number of carbonyl (C=O) groups is 2. The van der Waals surface area contributed by atoms with Gasteiger partial charge in [-0.2, -0.15) is 0 Å². The van der Waals surface area contributed by atoms with Crippen LogP contribution >= 0.6 is 0 Å². The topological polar surface area (TPSA) is 52.7 Å². The van der Waals surface area contributed by atoms with Gasteiger partial charge in [0.2, 0.25) is 5.91 Å². The quantitative estimate of drug-likeness (QED) is 0.861. The first kappa shape index (κ1) is 15.0. The van der Waals surface area contributed by atoms with Gasteiger partial charge in [0.25, 0.3) is 5.91 Å². The molecule has 0 saturated heterocycles. The second-order valence-electron chi connectivity index (χ2n) is 4.74. The lowest BCUT2D eigenvalue weighted by Gasteiger charge is -2.14. The van der Waals surface area contributed by atoms with Gasteiger partial charge in [-0.05, 0) is 18.2 Å². The lowest BCUT2D eigenvalue weighted by molar-refractivity contribution is -0.128. The Bertz CT molecular complexity index is 456. The third-order valence-electron chi connectivity index (χ3n) is 2.75. The second-order valence-corrected chi connectivity index (χ2v) is 4.74. The number of amides is 2. The van der Waals surface area contributed by atoms with Crippen LogP contribution in [0.15, 0.2) is 24.3 Å². The molecule has 0 saturated carbocycles. The van der Waals surface area contributed by atoms with Gasteiger partial charge < -0.3 is 15.1 Å². The summed E-state index contributed by atoms with van der Waals surface area (Å²) in [4.78, 5) is 26.7. The smallest absolute Gasteiger partial charge is 0.251 e. The van der Waals surface area contributed by atoms with Crippen molar-refractivity contribution in [1.29, 1.82) is 0 Å². The van der Waals surface area contributed by atoms with Crippen molar-refractivity contribution in [3.63, 3.8) is 0 Å². The predicted octanol–water partition coefficient (Wildman–Crippen LogP) is 0.961. The SMILES string of the molecule is CN(C)C(=O)CCNC(=O)c1cccc(N(C)C)c1. The molecular weight excluding hydrogens is 242 g/mol. The van der Waals surface area contributed by atoms with E-state index in [1.165, 1.54) is 4.90 Å². The summed E-state index contributed by atoms with van der Waals surface area (Å²) in [5, 5.41) is 2.75. The van der Waals surface area contributed by atoms with Crippen molar-refractivity contribution in [2.45, 2.75) is 6.42 Å². The Kier molecular flexibility index (Phi) is 5.36. The van der Waals surface area contributed by atoms with Crippen LogP contribution in [-0.4, -0.2) is 51.4 Å². The maximum Gasteiger partial charge on any atom is 0.251 e. The molecule has 0 heterocycles. The molecule has 0 atom stereocenters. The zero-order valence-electron chi connectivity index (χ0n) is 11.9. The normalized spacial score (nSPS) is 9.89. The van der Waals surface area contributed by atoms with Gasteiger partial charge in [-0.25, -0.2) is 0 Å². The number of hydrogen-bond donors (Lipinski definition) is 1. The van der Waals surface area contributed by atoms with Crippen molar-refractivity contribution in [2.24, 2.45) is 0 Å². The van der Waals surface area contributed by atoms with Crippen molar-refractivity contribution in [3.05, 3.63) is 29.8 Å². The van der Waals surface area contributed by atoms with E-state index in [0.29, 0.717) is 18.5 Å². The second kappa shape index (κ2) is 6.78. The summed E-state index contributed by atoms with van der Waals surface area (Å²) in [6, 6.07) is 7.36. The van der Waals surface area contributed by atoms with E-state index in [2.05, 4.69) is 5.32 Å². The molecule has 0 radical (unpaired) electrons. The molecule has 19 heavy (non-hydrogen) atoms. The van der Waals surface area contributed by atoms with E-state index >= 15 is 0 Å². The fourth-order valence-electron chi connectivity index (χ4n) is 1.53. The Balaban J connectivity index is 2.54. The number of nitrogens with zero attached hydrogens (tertiary/aromatic N) is 2. The molecule has 0 aliphatic rings. The van der Waals surface area contributed by atoms with Crippen LogP contribution in [0.1, 0.15) is 16.8 Å². The van der Waals surface area contributed by atoms with Gasteiger partial charge in [0.1, 0.15) is 0 Å². The van der Waals surface area contributed by atoms with Crippen LogP contribution in [0.3, 0.4) is 0 Å². The summed E-state index contributed by atoms with van der Waals surface area (Å²) < 4.78 is 0. The molecule has 1 aromatic rings. The van der Waals surface area contributed by atoms with Crippen molar-refractivity contribution in [2.75, 3.05) is 39.6 Å². The first-order valence-corrected chi connectivity index (χ1v) is 6.17. The summed E-state index contributed by atoms with van der Waals surface area (Å²) in [5.74, 6) is -0.155. The molecule has 0 aliphatic carbocycles. The summed E-state index contributed by atoms with van der Waals surface area (Å²) in [6.07, 6.45) is 0.312. The largest absolute Gasteiger partial charge is 0.378 e. The maximum atomic E-state index is 11.9. The van der Waals surface area contributed by atoms with Crippen LogP contribution in [0.25, 0.3) is 0 Å². The Morgan fingerprint density at radius 2 is 1.84 bits per heavy atom. The average Bonchev–Trinajstić information content (AvgIpc) is 2.38. The minimum Gasteiger partial charge on any atom is -0.378 e. The van der Waals surface area contributed by atoms with Crippen LogP contribution in [-0.2, 0) is 4.79 Å². The van der Waals surface area contributed by atoms with E-state index in [0.717, 1.165) is 5.69 Å². The molecule has 1 rings (SSSR count). The fraction of sp³-hybridized carbons (Fsp3) is 0.429. The molecule has 2 amide bonds. The van der Waals surface area contributed by atoms with E-state index < -0.39 is 0 Å². The molecule has 5 heteroatoms. The van der Waals surface area contributed by atoms with Crippen LogP contribution in [0.5, 0.6) is 0 Å². The minimum atomic E-state index is -0.157. The third-order valence-corrected chi connectivity index (χ3v) is 2.75. The summed E-state index contributed by atoms with van der Waals surface area (Å²) in [7, 11) is 7.24. The van der Waals surface area contributed by atoms with Crippen LogP contribution in [0.4, 0.5) is 5.69 Å². The zero-order valence-corrected chi connectivity index (χ0v) is 11.9. The summed E-state index contributed by atoms with van der Waals surface area (Å²) in [6.45, 7) is 0.349. The summed E-state index contributed by atoms with van der Waals surface area (Å²) >= 11 is 0.